The first kappa shape index (κ1) is 14.8. The maximum Gasteiger partial charge on any atom is 0.389 e. The Morgan fingerprint density at radius 2 is 2.00 bits per heavy atom. The summed E-state index contributed by atoms with van der Waals surface area (Å²) in [6.07, 6.45) is -5.80. The first-order valence-corrected chi connectivity index (χ1v) is 5.78. The van der Waals surface area contributed by atoms with Crippen molar-refractivity contribution in [1.82, 2.24) is 0 Å². The van der Waals surface area contributed by atoms with E-state index in [0.29, 0.717) is 11.3 Å². The number of hydrogen-bond acceptors (Lipinski definition) is 2. The molecular weight excluding hydrogens is 245 g/mol. The van der Waals surface area contributed by atoms with Gasteiger partial charge in [0.05, 0.1) is 12.7 Å². The van der Waals surface area contributed by atoms with Crippen LogP contribution in [0.2, 0.25) is 0 Å². The van der Waals surface area contributed by atoms with Crippen molar-refractivity contribution in [3.8, 4) is 5.75 Å². The quantitative estimate of drug-likeness (QED) is 0.818. The largest absolute Gasteiger partial charge is 0.493 e. The predicted molar refractivity (Wildman–Crippen MR) is 62.6 cm³/mol. The lowest BCUT2D eigenvalue weighted by atomic mass is 10.1. The van der Waals surface area contributed by atoms with Crippen LogP contribution in [0.5, 0.6) is 5.75 Å². The standard InChI is InChI=1S/C13H17F3O2/c1-9-4-5-11(10(2)17)12(8-9)18-7-3-6-13(14,15)16/h4-5,8,10,17H,3,6-7H2,1-2H3. The third-order valence-corrected chi connectivity index (χ3v) is 2.48. The minimum Gasteiger partial charge on any atom is -0.493 e. The number of aliphatic hydroxyl groups is 1. The summed E-state index contributed by atoms with van der Waals surface area (Å²) in [7, 11) is 0. The molecule has 1 aromatic carbocycles. The molecule has 0 bridgehead atoms. The maximum atomic E-state index is 12.0. The molecule has 0 saturated heterocycles. The molecule has 1 unspecified atom stereocenters. The summed E-state index contributed by atoms with van der Waals surface area (Å²) in [6, 6.07) is 5.26. The van der Waals surface area contributed by atoms with E-state index in [-0.39, 0.29) is 13.0 Å². The third-order valence-electron chi connectivity index (χ3n) is 2.48. The van der Waals surface area contributed by atoms with Gasteiger partial charge in [0.15, 0.2) is 0 Å². The van der Waals surface area contributed by atoms with Crippen LogP contribution in [0.1, 0.15) is 37.0 Å². The van der Waals surface area contributed by atoms with E-state index in [1.54, 1.807) is 19.1 Å². The van der Waals surface area contributed by atoms with Crippen molar-refractivity contribution in [2.24, 2.45) is 0 Å². The van der Waals surface area contributed by atoms with Gasteiger partial charge in [0.1, 0.15) is 5.75 Å². The van der Waals surface area contributed by atoms with Crippen LogP contribution in [0.15, 0.2) is 18.2 Å². The Kier molecular flexibility index (Phi) is 5.02. The molecule has 102 valence electrons. The summed E-state index contributed by atoms with van der Waals surface area (Å²) in [5.74, 6) is 0.451. The van der Waals surface area contributed by atoms with Crippen LogP contribution >= 0.6 is 0 Å². The molecular formula is C13H17F3O2. The molecule has 0 spiro atoms. The van der Waals surface area contributed by atoms with Crippen molar-refractivity contribution in [3.63, 3.8) is 0 Å². The highest BCUT2D eigenvalue weighted by Crippen LogP contribution is 2.27. The van der Waals surface area contributed by atoms with E-state index in [9.17, 15) is 18.3 Å². The summed E-state index contributed by atoms with van der Waals surface area (Å²) in [5.41, 5.74) is 1.53. The van der Waals surface area contributed by atoms with Gasteiger partial charge in [-0.25, -0.2) is 0 Å². The molecule has 0 aliphatic rings. The first-order valence-electron chi connectivity index (χ1n) is 5.78. The smallest absolute Gasteiger partial charge is 0.389 e. The van der Waals surface area contributed by atoms with Gasteiger partial charge in [-0.1, -0.05) is 12.1 Å². The van der Waals surface area contributed by atoms with E-state index in [2.05, 4.69) is 0 Å². The van der Waals surface area contributed by atoms with Crippen molar-refractivity contribution >= 4 is 0 Å². The Hall–Kier alpha value is -1.23. The molecule has 1 N–H and O–H groups in total. The zero-order valence-electron chi connectivity index (χ0n) is 10.4. The van der Waals surface area contributed by atoms with E-state index in [1.165, 1.54) is 0 Å². The van der Waals surface area contributed by atoms with Crippen molar-refractivity contribution in [2.45, 2.75) is 39.0 Å². The fourth-order valence-corrected chi connectivity index (χ4v) is 1.57. The van der Waals surface area contributed by atoms with E-state index < -0.39 is 18.7 Å². The number of hydrogen-bond donors (Lipinski definition) is 1. The number of benzene rings is 1. The highest BCUT2D eigenvalue weighted by Gasteiger charge is 2.26. The van der Waals surface area contributed by atoms with Crippen molar-refractivity contribution in [1.29, 1.82) is 0 Å². The van der Waals surface area contributed by atoms with Crippen LogP contribution in [0.3, 0.4) is 0 Å². The lowest BCUT2D eigenvalue weighted by Gasteiger charge is -2.14. The van der Waals surface area contributed by atoms with Gasteiger partial charge in [0, 0.05) is 12.0 Å². The van der Waals surface area contributed by atoms with Gasteiger partial charge in [-0.2, -0.15) is 13.2 Å². The number of aliphatic hydroxyl groups excluding tert-OH is 1. The lowest BCUT2D eigenvalue weighted by Crippen LogP contribution is -2.10. The van der Waals surface area contributed by atoms with Crippen molar-refractivity contribution < 1.29 is 23.0 Å². The Morgan fingerprint density at radius 1 is 1.33 bits per heavy atom. The van der Waals surface area contributed by atoms with E-state index in [0.717, 1.165) is 5.56 Å². The minimum atomic E-state index is -4.15. The van der Waals surface area contributed by atoms with Gasteiger partial charge >= 0.3 is 6.18 Å². The van der Waals surface area contributed by atoms with E-state index >= 15 is 0 Å². The normalized spacial score (nSPS) is 13.4. The highest BCUT2D eigenvalue weighted by molar-refractivity contribution is 5.38. The molecule has 0 aliphatic carbocycles. The summed E-state index contributed by atoms with van der Waals surface area (Å²) in [5, 5.41) is 9.52. The first-order chi connectivity index (χ1) is 8.29. The maximum absolute atomic E-state index is 12.0. The van der Waals surface area contributed by atoms with Gasteiger partial charge in [-0.15, -0.1) is 0 Å². The van der Waals surface area contributed by atoms with Crippen molar-refractivity contribution in [3.05, 3.63) is 29.3 Å². The van der Waals surface area contributed by atoms with Crippen LogP contribution < -0.4 is 4.74 Å². The molecule has 0 saturated carbocycles. The molecule has 0 fully saturated rings. The SMILES string of the molecule is Cc1ccc(C(C)O)c(OCCCC(F)(F)F)c1. The van der Waals surface area contributed by atoms with Crippen LogP contribution in [0.4, 0.5) is 13.2 Å². The second kappa shape index (κ2) is 6.09. The summed E-state index contributed by atoms with van der Waals surface area (Å²) in [4.78, 5) is 0. The summed E-state index contributed by atoms with van der Waals surface area (Å²) < 4.78 is 41.2. The fraction of sp³-hybridized carbons (Fsp3) is 0.538. The second-order valence-electron chi connectivity index (χ2n) is 4.28. The zero-order chi connectivity index (χ0) is 13.8. The van der Waals surface area contributed by atoms with Gasteiger partial charge in [0.2, 0.25) is 0 Å². The number of aryl methyl sites for hydroxylation is 1. The average molecular weight is 262 g/mol. The zero-order valence-corrected chi connectivity index (χ0v) is 10.4. The van der Waals surface area contributed by atoms with Crippen LogP contribution in [0, 0.1) is 6.92 Å². The molecule has 0 aliphatic heterocycles. The fourth-order valence-electron chi connectivity index (χ4n) is 1.57. The highest BCUT2D eigenvalue weighted by atomic mass is 19.4. The van der Waals surface area contributed by atoms with Gasteiger partial charge in [-0.05, 0) is 31.9 Å². The molecule has 0 heterocycles. The predicted octanol–water partition coefficient (Wildman–Crippen LogP) is 3.77. The van der Waals surface area contributed by atoms with Gasteiger partial charge in [0.25, 0.3) is 0 Å². The molecule has 2 nitrogen and oxygen atoms in total. The molecule has 0 aromatic heterocycles. The minimum absolute atomic E-state index is 0.0112. The Bertz CT molecular complexity index is 386. The topological polar surface area (TPSA) is 29.5 Å². The van der Waals surface area contributed by atoms with E-state index in [4.69, 9.17) is 4.74 Å². The monoisotopic (exact) mass is 262 g/mol. The van der Waals surface area contributed by atoms with Crippen molar-refractivity contribution in [2.75, 3.05) is 6.61 Å². The average Bonchev–Trinajstić information content (AvgIpc) is 2.22. The Balaban J connectivity index is 2.58. The Labute approximate surface area is 104 Å². The molecule has 18 heavy (non-hydrogen) atoms. The third kappa shape index (κ3) is 4.96. The van der Waals surface area contributed by atoms with Gasteiger partial charge in [-0.3, -0.25) is 0 Å². The number of ether oxygens (including phenoxy) is 1. The summed E-state index contributed by atoms with van der Waals surface area (Å²) in [6.45, 7) is 3.43. The van der Waals surface area contributed by atoms with Gasteiger partial charge < -0.3 is 9.84 Å². The van der Waals surface area contributed by atoms with E-state index in [1.807, 2.05) is 13.0 Å². The number of halogens is 3. The van der Waals surface area contributed by atoms with Crippen LogP contribution in [0.25, 0.3) is 0 Å². The molecule has 1 atom stereocenters. The number of alkyl halides is 3. The van der Waals surface area contributed by atoms with Crippen LogP contribution in [-0.2, 0) is 0 Å². The molecule has 0 radical (unpaired) electrons. The second-order valence-corrected chi connectivity index (χ2v) is 4.28. The number of rotatable bonds is 5. The molecule has 1 aromatic rings. The van der Waals surface area contributed by atoms with Crippen LogP contribution in [-0.4, -0.2) is 17.9 Å². The summed E-state index contributed by atoms with van der Waals surface area (Å²) >= 11 is 0. The molecule has 1 rings (SSSR count). The lowest BCUT2D eigenvalue weighted by molar-refractivity contribution is -0.136. The Morgan fingerprint density at radius 3 is 2.56 bits per heavy atom. The molecule has 0 amide bonds. The molecule has 5 heteroatoms.